The molecule has 11 heteroatoms. The Morgan fingerprint density at radius 2 is 1.42 bits per heavy atom. The van der Waals surface area contributed by atoms with E-state index in [-0.39, 0.29) is 56.6 Å². The number of hydrogen-bond donors (Lipinski definition) is 0. The Labute approximate surface area is 145 Å². The van der Waals surface area contributed by atoms with Gasteiger partial charge in [-0.1, -0.05) is 12.1 Å². The van der Waals surface area contributed by atoms with Gasteiger partial charge in [0.25, 0.3) is 0 Å². The van der Waals surface area contributed by atoms with Crippen molar-refractivity contribution in [3.05, 3.63) is 29.3 Å². The Balaban J connectivity index is -0.000000853. The van der Waals surface area contributed by atoms with Crippen LogP contribution in [0.3, 0.4) is 0 Å². The summed E-state index contributed by atoms with van der Waals surface area (Å²) in [5.74, 6) is -3.99. The van der Waals surface area contributed by atoms with Gasteiger partial charge in [-0.3, -0.25) is 0 Å². The number of carboxylic acids is 2. The quantitative estimate of drug-likeness (QED) is 0.390. The van der Waals surface area contributed by atoms with E-state index >= 15 is 0 Å². The summed E-state index contributed by atoms with van der Waals surface area (Å²) >= 11 is 0. The van der Waals surface area contributed by atoms with E-state index in [2.05, 4.69) is 0 Å². The summed E-state index contributed by atoms with van der Waals surface area (Å²) in [5, 5.41) is 21.1. The van der Waals surface area contributed by atoms with Gasteiger partial charge in [0.2, 0.25) is 0 Å². The first-order valence-electron chi connectivity index (χ1n) is 3.76. The topological polar surface area (TPSA) is 137 Å². The van der Waals surface area contributed by atoms with Crippen LogP contribution in [0.5, 0.6) is 0 Å². The van der Waals surface area contributed by atoms with E-state index in [1.165, 1.54) is 0 Å². The Hall–Kier alpha value is -0.138. The molecule has 0 aliphatic carbocycles. The van der Waals surface area contributed by atoms with Crippen molar-refractivity contribution >= 4 is 22.1 Å². The average Bonchev–Trinajstić information content (AvgIpc) is 2.14. The number of carboxylic acid groups (broad SMARTS) is 2. The number of carbonyl (C=O) groups excluding carboxylic acids is 2. The molecule has 0 atom stereocenters. The average molecular weight is 264 g/mol. The predicted molar refractivity (Wildman–Crippen MR) is 43.1 cm³/mol. The SMILES string of the molecule is O=C([O-])c1cccc(S(=O)(=O)[O-])c1C(=O)[O-].[Li+].[Li+].[Li+]. The van der Waals surface area contributed by atoms with Gasteiger partial charge in [0.05, 0.1) is 16.8 Å². The molecule has 0 amide bonds. The molecule has 0 saturated carbocycles. The van der Waals surface area contributed by atoms with E-state index in [4.69, 9.17) is 0 Å². The second-order valence-corrected chi connectivity index (χ2v) is 4.06. The van der Waals surface area contributed by atoms with Crippen molar-refractivity contribution in [1.29, 1.82) is 0 Å². The molecule has 1 aromatic rings. The molecule has 0 heterocycles. The molecule has 0 radical (unpaired) electrons. The number of benzene rings is 1. The molecule has 7 nitrogen and oxygen atoms in total. The fourth-order valence-electron chi connectivity index (χ4n) is 1.12. The Bertz CT molecular complexity index is 570. The van der Waals surface area contributed by atoms with E-state index in [1.54, 1.807) is 0 Å². The molecule has 0 unspecified atom stereocenters. The molecular formula is C8H3Li3O7S. The third-order valence-electron chi connectivity index (χ3n) is 1.72. The molecule has 0 aliphatic heterocycles. The Morgan fingerprint density at radius 3 is 1.74 bits per heavy atom. The fourth-order valence-corrected chi connectivity index (χ4v) is 1.81. The standard InChI is InChI=1S/C8H6O7S.3Li/c9-7(10)4-2-1-3-5(16(13,14)15)6(4)8(11)12;;;/h1-3H,(H,9,10)(H,11,12)(H,13,14,15);;;/q;3*+1/p-3. The number of hydrogen-bond acceptors (Lipinski definition) is 7. The van der Waals surface area contributed by atoms with Gasteiger partial charge in [-0.2, -0.15) is 0 Å². The van der Waals surface area contributed by atoms with Gasteiger partial charge in [0.1, 0.15) is 10.1 Å². The van der Waals surface area contributed by atoms with Crippen LogP contribution in [0.1, 0.15) is 20.7 Å². The van der Waals surface area contributed by atoms with Gasteiger partial charge < -0.3 is 24.4 Å². The normalized spacial score (nSPS) is 9.32. The van der Waals surface area contributed by atoms with E-state index in [9.17, 15) is 32.8 Å². The molecular weight excluding hydrogens is 261 g/mol. The van der Waals surface area contributed by atoms with Crippen molar-refractivity contribution in [2.45, 2.75) is 4.90 Å². The minimum Gasteiger partial charge on any atom is -0.744 e. The zero-order valence-electron chi connectivity index (χ0n) is 10.5. The van der Waals surface area contributed by atoms with Crippen molar-refractivity contribution in [3.8, 4) is 0 Å². The molecule has 0 aromatic heterocycles. The third-order valence-corrected chi connectivity index (χ3v) is 2.60. The van der Waals surface area contributed by atoms with Gasteiger partial charge >= 0.3 is 56.6 Å². The van der Waals surface area contributed by atoms with Gasteiger partial charge in [-0.25, -0.2) is 8.42 Å². The number of carbonyl (C=O) groups is 2. The minimum atomic E-state index is -5.10. The van der Waals surface area contributed by atoms with Crippen LogP contribution in [0, 0.1) is 0 Å². The molecule has 1 aromatic carbocycles. The van der Waals surface area contributed by atoms with Crippen LogP contribution in [0.15, 0.2) is 23.1 Å². The number of rotatable bonds is 3. The van der Waals surface area contributed by atoms with Gasteiger partial charge in [-0.05, 0) is 6.07 Å². The van der Waals surface area contributed by atoms with Crippen LogP contribution in [-0.4, -0.2) is 24.9 Å². The monoisotopic (exact) mass is 264 g/mol. The first kappa shape index (κ1) is 23.9. The summed E-state index contributed by atoms with van der Waals surface area (Å²) in [6, 6.07) is 2.40. The Morgan fingerprint density at radius 1 is 0.947 bits per heavy atom. The van der Waals surface area contributed by atoms with Crippen LogP contribution >= 0.6 is 0 Å². The maximum absolute atomic E-state index is 10.7. The van der Waals surface area contributed by atoms with Crippen molar-refractivity contribution < 1.29 is 89.4 Å². The van der Waals surface area contributed by atoms with E-state index in [0.29, 0.717) is 6.07 Å². The summed E-state index contributed by atoms with van der Waals surface area (Å²) in [4.78, 5) is 19.9. The fraction of sp³-hybridized carbons (Fsp3) is 0. The zero-order chi connectivity index (χ0) is 12.5. The van der Waals surface area contributed by atoms with Crippen LogP contribution in [0.2, 0.25) is 0 Å². The smallest absolute Gasteiger partial charge is 0.744 e. The second-order valence-electron chi connectivity index (χ2n) is 2.71. The molecule has 0 bridgehead atoms. The van der Waals surface area contributed by atoms with Crippen LogP contribution in [0.4, 0.5) is 0 Å². The molecule has 1 rings (SSSR count). The molecule has 0 spiro atoms. The summed E-state index contributed by atoms with van der Waals surface area (Å²) in [6.45, 7) is 0. The van der Waals surface area contributed by atoms with Crippen LogP contribution in [-0.2, 0) is 10.1 Å². The molecule has 0 N–H and O–H groups in total. The molecule has 86 valence electrons. The summed E-state index contributed by atoms with van der Waals surface area (Å²) < 4.78 is 32.0. The van der Waals surface area contributed by atoms with E-state index < -0.39 is 38.1 Å². The largest absolute Gasteiger partial charge is 1.00 e. The van der Waals surface area contributed by atoms with Crippen molar-refractivity contribution in [1.82, 2.24) is 0 Å². The van der Waals surface area contributed by atoms with Gasteiger partial charge in [0, 0.05) is 11.1 Å². The second kappa shape index (κ2) is 8.92. The summed E-state index contributed by atoms with van der Waals surface area (Å²) in [5.41, 5.74) is -2.12. The van der Waals surface area contributed by atoms with E-state index in [0.717, 1.165) is 12.1 Å². The van der Waals surface area contributed by atoms with Crippen molar-refractivity contribution in [2.24, 2.45) is 0 Å². The zero-order valence-corrected chi connectivity index (χ0v) is 11.3. The van der Waals surface area contributed by atoms with E-state index in [1.807, 2.05) is 0 Å². The maximum atomic E-state index is 10.7. The minimum absolute atomic E-state index is 0. The van der Waals surface area contributed by atoms with Crippen LogP contribution in [0.25, 0.3) is 0 Å². The summed E-state index contributed by atoms with van der Waals surface area (Å²) in [6.07, 6.45) is 0. The molecule has 19 heavy (non-hydrogen) atoms. The Kier molecular flexibility index (Phi) is 11.2. The van der Waals surface area contributed by atoms with Crippen molar-refractivity contribution in [2.75, 3.05) is 0 Å². The summed E-state index contributed by atoms with van der Waals surface area (Å²) in [7, 11) is -5.10. The third kappa shape index (κ3) is 5.79. The predicted octanol–water partition coefficient (Wildman–Crippen LogP) is -11.7. The molecule has 0 fully saturated rings. The molecule has 0 saturated heterocycles. The first-order chi connectivity index (χ1) is 7.25. The number of aromatic carboxylic acids is 2. The van der Waals surface area contributed by atoms with Gasteiger partial charge in [0.15, 0.2) is 0 Å². The maximum Gasteiger partial charge on any atom is 1.00 e. The van der Waals surface area contributed by atoms with Crippen molar-refractivity contribution in [3.63, 3.8) is 0 Å². The van der Waals surface area contributed by atoms with Gasteiger partial charge in [-0.15, -0.1) is 0 Å². The first-order valence-corrected chi connectivity index (χ1v) is 5.17. The van der Waals surface area contributed by atoms with Crippen LogP contribution < -0.4 is 66.8 Å². The molecule has 0 aliphatic rings.